The van der Waals surface area contributed by atoms with Crippen LogP contribution in [0.15, 0.2) is 40.0 Å². The molecule has 0 radical (unpaired) electrons. The fraction of sp³-hybridized carbons (Fsp3) is 0.462. The molecule has 1 aliphatic carbocycles. The summed E-state index contributed by atoms with van der Waals surface area (Å²) in [7, 11) is 1.78. The van der Waals surface area contributed by atoms with Gasteiger partial charge in [0.2, 0.25) is 0 Å². The van der Waals surface area contributed by atoms with Crippen LogP contribution < -0.4 is 5.32 Å². The van der Waals surface area contributed by atoms with Gasteiger partial charge in [0.25, 0.3) is 0 Å². The van der Waals surface area contributed by atoms with Crippen LogP contribution in [0.3, 0.4) is 0 Å². The lowest BCUT2D eigenvalue weighted by atomic mass is 9.94. The summed E-state index contributed by atoms with van der Waals surface area (Å²) in [6.07, 6.45) is 9.83. The lowest BCUT2D eigenvalue weighted by molar-refractivity contribution is 0.469. The summed E-state index contributed by atoms with van der Waals surface area (Å²) in [6.45, 7) is 0.970. The van der Waals surface area contributed by atoms with E-state index in [1.165, 1.54) is 19.3 Å². The highest BCUT2D eigenvalue weighted by Crippen LogP contribution is 2.17. The van der Waals surface area contributed by atoms with Crippen molar-refractivity contribution in [2.75, 3.05) is 13.6 Å². The predicted octanol–water partition coefficient (Wildman–Crippen LogP) is 2.60. The molecule has 1 aromatic heterocycles. The quantitative estimate of drug-likeness (QED) is 0.481. The SMILES string of the molecule is CN=C(NC[C@H]1CC=CCC1)c1ccco1. The molecule has 3 nitrogen and oxygen atoms in total. The van der Waals surface area contributed by atoms with Crippen molar-refractivity contribution in [1.82, 2.24) is 5.32 Å². The van der Waals surface area contributed by atoms with Crippen LogP contribution in [0.2, 0.25) is 0 Å². The summed E-state index contributed by atoms with van der Waals surface area (Å²) in [5, 5.41) is 3.36. The van der Waals surface area contributed by atoms with Gasteiger partial charge in [0.05, 0.1) is 6.26 Å². The van der Waals surface area contributed by atoms with E-state index in [1.807, 2.05) is 12.1 Å². The Balaban J connectivity index is 1.86. The molecule has 0 aromatic carbocycles. The second kappa shape index (κ2) is 5.54. The van der Waals surface area contributed by atoms with Gasteiger partial charge < -0.3 is 9.73 Å². The maximum absolute atomic E-state index is 5.32. The van der Waals surface area contributed by atoms with E-state index >= 15 is 0 Å². The minimum Gasteiger partial charge on any atom is -0.461 e. The minimum absolute atomic E-state index is 0.719. The predicted molar refractivity (Wildman–Crippen MR) is 65.7 cm³/mol. The smallest absolute Gasteiger partial charge is 0.168 e. The molecule has 1 heterocycles. The molecule has 0 bridgehead atoms. The van der Waals surface area contributed by atoms with Crippen LogP contribution in [0.1, 0.15) is 25.0 Å². The molecular formula is C13H18N2O. The first kappa shape index (κ1) is 11.0. The average molecular weight is 218 g/mol. The zero-order valence-corrected chi connectivity index (χ0v) is 9.65. The Labute approximate surface area is 96.3 Å². The summed E-state index contributed by atoms with van der Waals surface area (Å²) in [6, 6.07) is 3.81. The first-order chi connectivity index (χ1) is 7.90. The summed E-state index contributed by atoms with van der Waals surface area (Å²) < 4.78 is 5.32. The zero-order valence-electron chi connectivity index (χ0n) is 9.65. The number of allylic oxidation sites excluding steroid dienone is 2. The standard InChI is InChI=1S/C13H18N2O/c1-14-13(12-8-5-9-16-12)15-10-11-6-3-2-4-7-11/h2-3,5,8-9,11H,4,6-7,10H2,1H3,(H,14,15)/t11-/m0/s1. The van der Waals surface area contributed by atoms with Gasteiger partial charge in [-0.05, 0) is 37.3 Å². The van der Waals surface area contributed by atoms with Crippen LogP contribution in [0.5, 0.6) is 0 Å². The number of nitrogens with zero attached hydrogens (tertiary/aromatic N) is 1. The van der Waals surface area contributed by atoms with Crippen molar-refractivity contribution < 1.29 is 4.42 Å². The zero-order chi connectivity index (χ0) is 11.2. The molecule has 2 rings (SSSR count). The summed E-state index contributed by atoms with van der Waals surface area (Å²) in [5.41, 5.74) is 0. The average Bonchev–Trinajstić information content (AvgIpc) is 2.85. The van der Waals surface area contributed by atoms with Crippen molar-refractivity contribution >= 4 is 5.84 Å². The van der Waals surface area contributed by atoms with Crippen molar-refractivity contribution in [2.24, 2.45) is 10.9 Å². The van der Waals surface area contributed by atoms with Gasteiger partial charge in [-0.3, -0.25) is 4.99 Å². The van der Waals surface area contributed by atoms with Gasteiger partial charge in [0, 0.05) is 13.6 Å². The van der Waals surface area contributed by atoms with Gasteiger partial charge in [0.15, 0.2) is 11.6 Å². The number of hydrogen-bond acceptors (Lipinski definition) is 2. The van der Waals surface area contributed by atoms with E-state index in [1.54, 1.807) is 13.3 Å². The van der Waals surface area contributed by atoms with Crippen molar-refractivity contribution in [2.45, 2.75) is 19.3 Å². The Morgan fingerprint density at radius 3 is 3.12 bits per heavy atom. The third kappa shape index (κ3) is 2.75. The van der Waals surface area contributed by atoms with Gasteiger partial charge in [-0.2, -0.15) is 0 Å². The van der Waals surface area contributed by atoms with E-state index in [0.717, 1.165) is 24.1 Å². The second-order valence-electron chi connectivity index (χ2n) is 4.08. The lowest BCUT2D eigenvalue weighted by Gasteiger charge is -2.18. The fourth-order valence-corrected chi connectivity index (χ4v) is 1.97. The van der Waals surface area contributed by atoms with E-state index in [0.29, 0.717) is 0 Å². The normalized spacial score (nSPS) is 21.1. The molecule has 0 spiro atoms. The Morgan fingerprint density at radius 1 is 1.56 bits per heavy atom. The maximum Gasteiger partial charge on any atom is 0.168 e. The second-order valence-corrected chi connectivity index (χ2v) is 4.08. The number of amidine groups is 1. The summed E-state index contributed by atoms with van der Waals surface area (Å²) >= 11 is 0. The fourth-order valence-electron chi connectivity index (χ4n) is 1.97. The number of rotatable bonds is 3. The van der Waals surface area contributed by atoms with Crippen molar-refractivity contribution in [3.63, 3.8) is 0 Å². The molecule has 86 valence electrons. The summed E-state index contributed by atoms with van der Waals surface area (Å²) in [5.74, 6) is 2.38. The van der Waals surface area contributed by atoms with Gasteiger partial charge in [-0.15, -0.1) is 0 Å². The Kier molecular flexibility index (Phi) is 3.81. The van der Waals surface area contributed by atoms with Crippen LogP contribution in [0.25, 0.3) is 0 Å². The van der Waals surface area contributed by atoms with E-state index in [2.05, 4.69) is 22.5 Å². The number of aliphatic imine (C=N–C) groups is 1. The topological polar surface area (TPSA) is 37.5 Å². The third-order valence-corrected chi connectivity index (χ3v) is 2.91. The van der Waals surface area contributed by atoms with Crippen LogP contribution in [0, 0.1) is 5.92 Å². The molecular weight excluding hydrogens is 200 g/mol. The highest BCUT2D eigenvalue weighted by atomic mass is 16.3. The van der Waals surface area contributed by atoms with E-state index in [4.69, 9.17) is 4.42 Å². The Hall–Kier alpha value is -1.51. The Bertz CT molecular complexity index is 365. The maximum atomic E-state index is 5.32. The highest BCUT2D eigenvalue weighted by Gasteiger charge is 2.11. The van der Waals surface area contributed by atoms with E-state index in [9.17, 15) is 0 Å². The molecule has 1 atom stereocenters. The molecule has 1 N–H and O–H groups in total. The summed E-state index contributed by atoms with van der Waals surface area (Å²) in [4.78, 5) is 4.21. The van der Waals surface area contributed by atoms with Gasteiger partial charge in [-0.1, -0.05) is 12.2 Å². The van der Waals surface area contributed by atoms with E-state index < -0.39 is 0 Å². The first-order valence-corrected chi connectivity index (χ1v) is 5.79. The van der Waals surface area contributed by atoms with Crippen LogP contribution >= 0.6 is 0 Å². The molecule has 0 aliphatic heterocycles. The first-order valence-electron chi connectivity index (χ1n) is 5.79. The minimum atomic E-state index is 0.719. The van der Waals surface area contributed by atoms with E-state index in [-0.39, 0.29) is 0 Å². The Morgan fingerprint density at radius 2 is 2.50 bits per heavy atom. The largest absolute Gasteiger partial charge is 0.461 e. The van der Waals surface area contributed by atoms with Crippen LogP contribution in [0.4, 0.5) is 0 Å². The molecule has 1 aliphatic rings. The third-order valence-electron chi connectivity index (χ3n) is 2.91. The van der Waals surface area contributed by atoms with Crippen molar-refractivity contribution in [3.05, 3.63) is 36.3 Å². The molecule has 3 heteroatoms. The molecule has 0 saturated carbocycles. The molecule has 0 unspecified atom stereocenters. The molecule has 0 saturated heterocycles. The van der Waals surface area contributed by atoms with Gasteiger partial charge in [0.1, 0.15) is 0 Å². The van der Waals surface area contributed by atoms with Crippen LogP contribution in [-0.4, -0.2) is 19.4 Å². The number of furan rings is 1. The van der Waals surface area contributed by atoms with Crippen molar-refractivity contribution in [3.8, 4) is 0 Å². The van der Waals surface area contributed by atoms with Gasteiger partial charge >= 0.3 is 0 Å². The highest BCUT2D eigenvalue weighted by molar-refractivity contribution is 5.96. The molecule has 0 amide bonds. The van der Waals surface area contributed by atoms with Gasteiger partial charge in [-0.25, -0.2) is 0 Å². The molecule has 1 aromatic rings. The van der Waals surface area contributed by atoms with Crippen molar-refractivity contribution in [1.29, 1.82) is 0 Å². The van der Waals surface area contributed by atoms with Crippen LogP contribution in [-0.2, 0) is 0 Å². The number of hydrogen-bond donors (Lipinski definition) is 1. The number of nitrogens with one attached hydrogen (secondary N) is 1. The lowest BCUT2D eigenvalue weighted by Crippen LogP contribution is -2.30. The molecule has 0 fully saturated rings. The molecule has 16 heavy (non-hydrogen) atoms. The monoisotopic (exact) mass is 218 g/mol.